The molecule has 2 aromatic heterocycles. The Morgan fingerprint density at radius 3 is 3.00 bits per heavy atom. The van der Waals surface area contributed by atoms with Gasteiger partial charge < -0.3 is 10.3 Å². The number of aromatic nitrogens is 1. The lowest BCUT2D eigenvalue weighted by atomic mass is 9.91. The third kappa shape index (κ3) is 2.93. The third-order valence-electron chi connectivity index (χ3n) is 4.76. The molecule has 0 amide bonds. The molecule has 4 rings (SSSR count). The van der Waals surface area contributed by atoms with Crippen molar-refractivity contribution in [3.8, 4) is 11.8 Å². The summed E-state index contributed by atoms with van der Waals surface area (Å²) in [7, 11) is 0. The van der Waals surface area contributed by atoms with E-state index in [1.807, 2.05) is 6.07 Å². The molecular weight excluding hydrogens is 300 g/mol. The summed E-state index contributed by atoms with van der Waals surface area (Å²) in [6.45, 7) is 3.48. The zero-order chi connectivity index (χ0) is 15.6. The van der Waals surface area contributed by atoms with E-state index in [2.05, 4.69) is 64.9 Å². The molecule has 116 valence electrons. The highest BCUT2D eigenvalue weighted by molar-refractivity contribution is 7.10. The molecule has 2 atom stereocenters. The van der Waals surface area contributed by atoms with Crippen molar-refractivity contribution < 1.29 is 0 Å². The monoisotopic (exact) mass is 320 g/mol. The molecule has 0 bridgehead atoms. The average Bonchev–Trinajstić information content (AvgIpc) is 3.33. The van der Waals surface area contributed by atoms with E-state index in [1.54, 1.807) is 11.3 Å². The molecule has 1 fully saturated rings. The van der Waals surface area contributed by atoms with E-state index < -0.39 is 0 Å². The van der Waals surface area contributed by atoms with Crippen molar-refractivity contribution in [3.05, 3.63) is 57.9 Å². The molecule has 3 heterocycles. The molecule has 0 saturated carbocycles. The molecule has 3 heteroatoms. The molecule has 2 unspecified atom stereocenters. The maximum atomic E-state index is 3.63. The predicted octanol–water partition coefficient (Wildman–Crippen LogP) is 4.48. The van der Waals surface area contributed by atoms with E-state index in [4.69, 9.17) is 0 Å². The quantitative estimate of drug-likeness (QED) is 0.669. The number of hydrogen-bond donors (Lipinski definition) is 2. The lowest BCUT2D eigenvalue weighted by Gasteiger charge is -2.19. The number of H-pyrrole nitrogens is 1. The number of rotatable bonds is 2. The van der Waals surface area contributed by atoms with Gasteiger partial charge in [0.1, 0.15) is 0 Å². The van der Waals surface area contributed by atoms with E-state index in [0.29, 0.717) is 12.0 Å². The van der Waals surface area contributed by atoms with Gasteiger partial charge in [0.05, 0.1) is 4.88 Å². The summed E-state index contributed by atoms with van der Waals surface area (Å²) in [6, 6.07) is 11.2. The molecule has 1 saturated heterocycles. The molecule has 1 aromatic carbocycles. The Morgan fingerprint density at radius 1 is 1.26 bits per heavy atom. The van der Waals surface area contributed by atoms with E-state index >= 15 is 0 Å². The molecule has 2 nitrogen and oxygen atoms in total. The first-order valence-corrected chi connectivity index (χ1v) is 9.09. The molecule has 3 aromatic rings. The summed E-state index contributed by atoms with van der Waals surface area (Å²) in [5.41, 5.74) is 3.68. The van der Waals surface area contributed by atoms with Crippen LogP contribution >= 0.6 is 11.3 Å². The van der Waals surface area contributed by atoms with Crippen LogP contribution < -0.4 is 5.32 Å². The van der Waals surface area contributed by atoms with Crippen LogP contribution in [0.4, 0.5) is 0 Å². The summed E-state index contributed by atoms with van der Waals surface area (Å²) in [6.07, 6.45) is 4.73. The van der Waals surface area contributed by atoms with Gasteiger partial charge in [-0.3, -0.25) is 0 Å². The van der Waals surface area contributed by atoms with Crippen molar-refractivity contribution in [2.75, 3.05) is 6.54 Å². The first kappa shape index (κ1) is 14.6. The van der Waals surface area contributed by atoms with Crippen molar-refractivity contribution in [2.45, 2.75) is 31.7 Å². The van der Waals surface area contributed by atoms with E-state index in [9.17, 15) is 0 Å². The van der Waals surface area contributed by atoms with E-state index in [1.165, 1.54) is 29.3 Å². The van der Waals surface area contributed by atoms with Crippen LogP contribution in [-0.2, 0) is 0 Å². The molecule has 0 radical (unpaired) electrons. The largest absolute Gasteiger partial charge is 0.361 e. The Bertz CT molecular complexity index is 858. The Labute approximate surface area is 140 Å². The van der Waals surface area contributed by atoms with Gasteiger partial charge in [-0.15, -0.1) is 11.3 Å². The Hall–Kier alpha value is -2.02. The fourth-order valence-electron chi connectivity index (χ4n) is 3.44. The second-order valence-corrected chi connectivity index (χ2v) is 7.17. The molecule has 2 N–H and O–H groups in total. The molecule has 1 aliphatic rings. The second-order valence-electron chi connectivity index (χ2n) is 6.22. The van der Waals surface area contributed by atoms with Gasteiger partial charge in [0.2, 0.25) is 0 Å². The van der Waals surface area contributed by atoms with Gasteiger partial charge in [-0.05, 0) is 60.5 Å². The van der Waals surface area contributed by atoms with Gasteiger partial charge in [-0.25, -0.2) is 0 Å². The fourth-order valence-corrected chi connectivity index (χ4v) is 4.01. The smallest absolute Gasteiger partial charge is 0.0772 e. The summed E-state index contributed by atoms with van der Waals surface area (Å²) < 4.78 is 0. The van der Waals surface area contributed by atoms with Gasteiger partial charge in [0.15, 0.2) is 0 Å². The van der Waals surface area contributed by atoms with Crippen LogP contribution in [0.3, 0.4) is 0 Å². The average molecular weight is 320 g/mol. The maximum absolute atomic E-state index is 3.63. The van der Waals surface area contributed by atoms with Crippen LogP contribution in [0.2, 0.25) is 0 Å². The number of aromatic amines is 1. The van der Waals surface area contributed by atoms with Gasteiger partial charge in [0, 0.05) is 28.7 Å². The Balaban J connectivity index is 1.68. The SMILES string of the molecule is CC(c1c[nH]c2ccc(C#Cc3cccs3)cc12)C1CCCN1. The van der Waals surface area contributed by atoms with E-state index in [0.717, 1.165) is 17.0 Å². The van der Waals surface area contributed by atoms with Gasteiger partial charge >= 0.3 is 0 Å². The number of hydrogen-bond acceptors (Lipinski definition) is 2. The van der Waals surface area contributed by atoms with Crippen LogP contribution in [-0.4, -0.2) is 17.6 Å². The van der Waals surface area contributed by atoms with Gasteiger partial charge in [-0.2, -0.15) is 0 Å². The number of benzene rings is 1. The van der Waals surface area contributed by atoms with Crippen molar-refractivity contribution in [3.63, 3.8) is 0 Å². The maximum Gasteiger partial charge on any atom is 0.0772 e. The topological polar surface area (TPSA) is 27.8 Å². The van der Waals surface area contributed by atoms with Gasteiger partial charge in [-0.1, -0.05) is 24.8 Å². The molecule has 23 heavy (non-hydrogen) atoms. The summed E-state index contributed by atoms with van der Waals surface area (Å²) in [5, 5.41) is 7.00. The van der Waals surface area contributed by atoms with Crippen molar-refractivity contribution in [1.82, 2.24) is 10.3 Å². The standard InChI is InChI=1S/C20H20N2S/c1-14(19-5-2-10-21-19)18-13-22-20-9-7-15(12-17(18)20)6-8-16-4-3-11-23-16/h3-4,7,9,11-14,19,21-22H,2,5,10H2,1H3. The third-order valence-corrected chi connectivity index (χ3v) is 5.54. The summed E-state index contributed by atoms with van der Waals surface area (Å²) >= 11 is 1.68. The van der Waals surface area contributed by atoms with Crippen molar-refractivity contribution >= 4 is 22.2 Å². The summed E-state index contributed by atoms with van der Waals surface area (Å²) in [5.74, 6) is 7.06. The first-order chi connectivity index (χ1) is 11.3. The lowest BCUT2D eigenvalue weighted by molar-refractivity contribution is 0.520. The molecular formula is C20H20N2S. The van der Waals surface area contributed by atoms with Gasteiger partial charge in [0.25, 0.3) is 0 Å². The lowest BCUT2D eigenvalue weighted by Crippen LogP contribution is -2.27. The normalized spacial score (nSPS) is 18.7. The number of nitrogens with one attached hydrogen (secondary N) is 2. The highest BCUT2D eigenvalue weighted by Gasteiger charge is 2.24. The minimum Gasteiger partial charge on any atom is -0.361 e. The molecule has 0 aliphatic carbocycles. The van der Waals surface area contributed by atoms with E-state index in [-0.39, 0.29) is 0 Å². The number of thiophene rings is 1. The summed E-state index contributed by atoms with van der Waals surface area (Å²) in [4.78, 5) is 4.53. The van der Waals surface area contributed by atoms with Crippen molar-refractivity contribution in [2.24, 2.45) is 0 Å². The molecule has 1 aliphatic heterocycles. The zero-order valence-corrected chi connectivity index (χ0v) is 14.0. The van der Waals surface area contributed by atoms with Crippen LogP contribution in [0, 0.1) is 11.8 Å². The van der Waals surface area contributed by atoms with Crippen LogP contribution in [0.15, 0.2) is 41.9 Å². The zero-order valence-electron chi connectivity index (χ0n) is 13.2. The predicted molar refractivity (Wildman–Crippen MR) is 98.0 cm³/mol. The van der Waals surface area contributed by atoms with Crippen LogP contribution in [0.1, 0.15) is 41.7 Å². The number of fused-ring (bicyclic) bond motifs is 1. The Kier molecular flexibility index (Phi) is 3.95. The Morgan fingerprint density at radius 2 is 2.22 bits per heavy atom. The first-order valence-electron chi connectivity index (χ1n) is 8.21. The molecule has 0 spiro atoms. The minimum absolute atomic E-state index is 0.520. The second kappa shape index (κ2) is 6.23. The van der Waals surface area contributed by atoms with Crippen LogP contribution in [0.5, 0.6) is 0 Å². The fraction of sp³-hybridized carbons (Fsp3) is 0.300. The van der Waals surface area contributed by atoms with Crippen molar-refractivity contribution in [1.29, 1.82) is 0 Å². The highest BCUT2D eigenvalue weighted by Crippen LogP contribution is 2.31. The highest BCUT2D eigenvalue weighted by atomic mass is 32.1. The van der Waals surface area contributed by atoms with Crippen LogP contribution in [0.25, 0.3) is 10.9 Å². The minimum atomic E-state index is 0.520.